The number of hydrogen-bond donors (Lipinski definition) is 1. The SMILES string of the molecule is O=C1NC(c2ccccc2)OC(c2ccc3ccccc3c2)C1N1C(=O)OC[C@@H]1c1ccccc1. The summed E-state index contributed by atoms with van der Waals surface area (Å²) in [4.78, 5) is 28.2. The van der Waals surface area contributed by atoms with Crippen LogP contribution in [0.15, 0.2) is 103 Å². The number of carbonyl (C=O) groups is 2. The van der Waals surface area contributed by atoms with Crippen LogP contribution in [-0.4, -0.2) is 29.5 Å². The highest BCUT2D eigenvalue weighted by Gasteiger charge is 2.50. The van der Waals surface area contributed by atoms with Gasteiger partial charge in [0, 0.05) is 5.56 Å². The Balaban J connectivity index is 1.44. The van der Waals surface area contributed by atoms with Gasteiger partial charge in [0.25, 0.3) is 0 Å². The molecule has 0 radical (unpaired) electrons. The lowest BCUT2D eigenvalue weighted by molar-refractivity contribution is -0.157. The standard InChI is InChI=1S/C29H24N2O4/c32-27-25(31-24(18-34-29(31)33)20-10-3-1-4-11-20)26(35-28(30-27)21-12-5-2-6-13-21)23-16-15-19-9-7-8-14-22(19)17-23/h1-17,24-26,28H,18H2,(H,30,32)/t24-,25?,26?,28?/m1/s1. The van der Waals surface area contributed by atoms with Crippen molar-refractivity contribution < 1.29 is 19.1 Å². The fourth-order valence-electron chi connectivity index (χ4n) is 4.99. The van der Waals surface area contributed by atoms with E-state index in [2.05, 4.69) is 5.32 Å². The van der Waals surface area contributed by atoms with E-state index in [1.165, 1.54) is 4.90 Å². The smallest absolute Gasteiger partial charge is 0.411 e. The normalized spacial score (nSPS) is 24.3. The van der Waals surface area contributed by atoms with E-state index in [1.807, 2.05) is 103 Å². The first kappa shape index (κ1) is 21.4. The van der Waals surface area contributed by atoms with Crippen LogP contribution in [0.25, 0.3) is 10.8 Å². The number of nitrogens with zero attached hydrogens (tertiary/aromatic N) is 1. The Bertz CT molecular complexity index is 1380. The summed E-state index contributed by atoms with van der Waals surface area (Å²) in [6.07, 6.45) is -1.84. The fraction of sp³-hybridized carbons (Fsp3) is 0.172. The Kier molecular flexibility index (Phi) is 5.43. The third-order valence-corrected chi connectivity index (χ3v) is 6.71. The van der Waals surface area contributed by atoms with E-state index in [4.69, 9.17) is 9.47 Å². The summed E-state index contributed by atoms with van der Waals surface area (Å²) < 4.78 is 12.0. The molecule has 0 bridgehead atoms. The molecule has 0 saturated carbocycles. The molecule has 1 N–H and O–H groups in total. The maximum atomic E-state index is 13.7. The molecular formula is C29H24N2O4. The van der Waals surface area contributed by atoms with E-state index in [-0.39, 0.29) is 18.6 Å². The Morgan fingerprint density at radius 1 is 0.714 bits per heavy atom. The monoisotopic (exact) mass is 464 g/mol. The molecule has 2 saturated heterocycles. The highest BCUT2D eigenvalue weighted by atomic mass is 16.6. The molecule has 2 heterocycles. The van der Waals surface area contributed by atoms with Gasteiger partial charge in [-0.05, 0) is 28.0 Å². The van der Waals surface area contributed by atoms with Crippen LogP contribution < -0.4 is 5.32 Å². The second-order valence-corrected chi connectivity index (χ2v) is 8.82. The van der Waals surface area contributed by atoms with Crippen molar-refractivity contribution in [3.05, 3.63) is 120 Å². The van der Waals surface area contributed by atoms with Gasteiger partial charge in [0.2, 0.25) is 5.91 Å². The molecule has 3 unspecified atom stereocenters. The maximum absolute atomic E-state index is 13.7. The molecular weight excluding hydrogens is 440 g/mol. The van der Waals surface area contributed by atoms with E-state index >= 15 is 0 Å². The molecule has 4 aromatic rings. The number of cyclic esters (lactones) is 1. The molecule has 0 aromatic heterocycles. The van der Waals surface area contributed by atoms with Crippen molar-refractivity contribution in [2.24, 2.45) is 0 Å². The molecule has 6 heteroatoms. The Labute approximate surface area is 203 Å². The molecule has 174 valence electrons. The predicted molar refractivity (Wildman–Crippen MR) is 131 cm³/mol. The molecule has 0 spiro atoms. The van der Waals surface area contributed by atoms with Crippen molar-refractivity contribution in [3.63, 3.8) is 0 Å². The van der Waals surface area contributed by atoms with Gasteiger partial charge in [-0.25, -0.2) is 4.79 Å². The van der Waals surface area contributed by atoms with Gasteiger partial charge < -0.3 is 14.8 Å². The van der Waals surface area contributed by atoms with Gasteiger partial charge in [-0.3, -0.25) is 9.69 Å². The minimum atomic E-state index is -0.892. The summed E-state index contributed by atoms with van der Waals surface area (Å²) in [5.74, 6) is -0.275. The number of nitrogens with one attached hydrogen (secondary N) is 1. The van der Waals surface area contributed by atoms with E-state index in [9.17, 15) is 9.59 Å². The van der Waals surface area contributed by atoms with E-state index < -0.39 is 24.5 Å². The van der Waals surface area contributed by atoms with Crippen LogP contribution in [0, 0.1) is 0 Å². The third-order valence-electron chi connectivity index (χ3n) is 6.71. The van der Waals surface area contributed by atoms with Crippen molar-refractivity contribution >= 4 is 22.8 Å². The minimum Gasteiger partial charge on any atom is -0.447 e. The lowest BCUT2D eigenvalue weighted by atomic mass is 9.93. The third kappa shape index (κ3) is 3.92. The zero-order chi connectivity index (χ0) is 23.8. The first-order valence-corrected chi connectivity index (χ1v) is 11.7. The van der Waals surface area contributed by atoms with Gasteiger partial charge in [0.05, 0.1) is 6.04 Å². The number of rotatable bonds is 4. The minimum absolute atomic E-state index is 0.180. The van der Waals surface area contributed by atoms with E-state index in [0.29, 0.717) is 0 Å². The van der Waals surface area contributed by atoms with Gasteiger partial charge in [-0.15, -0.1) is 0 Å². The molecule has 6 nitrogen and oxygen atoms in total. The first-order chi connectivity index (χ1) is 17.2. The van der Waals surface area contributed by atoms with Gasteiger partial charge in [-0.2, -0.15) is 0 Å². The summed E-state index contributed by atoms with van der Waals surface area (Å²) >= 11 is 0. The molecule has 35 heavy (non-hydrogen) atoms. The molecule has 2 amide bonds. The van der Waals surface area contributed by atoms with Crippen molar-refractivity contribution in [1.82, 2.24) is 10.2 Å². The van der Waals surface area contributed by atoms with Crippen LogP contribution in [0.3, 0.4) is 0 Å². The largest absolute Gasteiger partial charge is 0.447 e. The number of amides is 2. The second-order valence-electron chi connectivity index (χ2n) is 8.82. The second kappa shape index (κ2) is 8.89. The fourth-order valence-corrected chi connectivity index (χ4v) is 4.99. The zero-order valence-electron chi connectivity index (χ0n) is 18.9. The summed E-state index contributed by atoms with van der Waals surface area (Å²) in [7, 11) is 0. The molecule has 4 atom stereocenters. The lowest BCUT2D eigenvalue weighted by Crippen LogP contribution is -2.57. The van der Waals surface area contributed by atoms with Crippen LogP contribution in [0.2, 0.25) is 0 Å². The first-order valence-electron chi connectivity index (χ1n) is 11.7. The summed E-state index contributed by atoms with van der Waals surface area (Å²) in [6, 6.07) is 32.0. The van der Waals surface area contributed by atoms with Crippen molar-refractivity contribution in [1.29, 1.82) is 0 Å². The number of hydrogen-bond acceptors (Lipinski definition) is 4. The Morgan fingerprint density at radius 3 is 2.11 bits per heavy atom. The van der Waals surface area contributed by atoms with Crippen LogP contribution in [0.4, 0.5) is 4.79 Å². The number of fused-ring (bicyclic) bond motifs is 1. The molecule has 0 aliphatic carbocycles. The summed E-state index contributed by atoms with van der Waals surface area (Å²) in [5, 5.41) is 5.11. The average Bonchev–Trinajstić information content (AvgIpc) is 3.29. The number of carbonyl (C=O) groups excluding carboxylic acids is 2. The van der Waals surface area contributed by atoms with E-state index in [1.54, 1.807) is 0 Å². The lowest BCUT2D eigenvalue weighted by Gasteiger charge is -2.41. The van der Waals surface area contributed by atoms with Crippen LogP contribution in [0.1, 0.15) is 35.1 Å². The molecule has 2 aliphatic rings. The zero-order valence-corrected chi connectivity index (χ0v) is 18.9. The highest BCUT2D eigenvalue weighted by Crippen LogP contribution is 2.40. The molecule has 4 aromatic carbocycles. The molecule has 6 rings (SSSR count). The highest BCUT2D eigenvalue weighted by molar-refractivity contribution is 5.89. The average molecular weight is 465 g/mol. The quantitative estimate of drug-likeness (QED) is 0.446. The van der Waals surface area contributed by atoms with Crippen LogP contribution >= 0.6 is 0 Å². The Morgan fingerprint density at radius 2 is 1.37 bits per heavy atom. The topological polar surface area (TPSA) is 67.9 Å². The van der Waals surface area contributed by atoms with Crippen molar-refractivity contribution in [2.75, 3.05) is 6.61 Å². The molecule has 2 aliphatic heterocycles. The van der Waals surface area contributed by atoms with E-state index in [0.717, 1.165) is 27.5 Å². The summed E-state index contributed by atoms with van der Waals surface area (Å²) in [5.41, 5.74) is 2.58. The maximum Gasteiger partial charge on any atom is 0.411 e. The number of benzene rings is 4. The van der Waals surface area contributed by atoms with Gasteiger partial charge >= 0.3 is 6.09 Å². The van der Waals surface area contributed by atoms with Gasteiger partial charge in [0.15, 0.2) is 6.23 Å². The van der Waals surface area contributed by atoms with Crippen LogP contribution in [-0.2, 0) is 14.3 Å². The number of ether oxygens (including phenoxy) is 2. The van der Waals surface area contributed by atoms with Gasteiger partial charge in [-0.1, -0.05) is 97.1 Å². The van der Waals surface area contributed by atoms with Crippen molar-refractivity contribution in [2.45, 2.75) is 24.4 Å². The Hall–Kier alpha value is -4.16. The van der Waals surface area contributed by atoms with Crippen molar-refractivity contribution in [3.8, 4) is 0 Å². The summed E-state index contributed by atoms with van der Waals surface area (Å²) in [6.45, 7) is 0.180. The predicted octanol–water partition coefficient (Wildman–Crippen LogP) is 5.29. The van der Waals surface area contributed by atoms with Crippen LogP contribution in [0.5, 0.6) is 0 Å². The molecule has 2 fully saturated rings. The van der Waals surface area contributed by atoms with Gasteiger partial charge in [0.1, 0.15) is 18.8 Å².